The van der Waals surface area contributed by atoms with Crippen molar-refractivity contribution >= 4 is 34.0 Å². The molecule has 1 aliphatic carbocycles. The topological polar surface area (TPSA) is 131 Å². The molecule has 2 aliphatic rings. The standard InChI is InChI=1S/C22H20F3N7O4S/c23-22(24,25)36-16-2-1-13(17(33)29-20-31-30-18(37-20)14-10-26-12-27-11-14)9-15(16)28-19(34)21(3-4-21)32-5-7-35-8-6-32/h1-2,9-12H,3-8H2,(H,28,34)(H,29,31,33). The van der Waals surface area contributed by atoms with Gasteiger partial charge in [0.25, 0.3) is 5.91 Å². The first-order valence-corrected chi connectivity index (χ1v) is 12.0. The zero-order valence-corrected chi connectivity index (χ0v) is 19.9. The van der Waals surface area contributed by atoms with Gasteiger partial charge in [-0.1, -0.05) is 11.3 Å². The summed E-state index contributed by atoms with van der Waals surface area (Å²) in [5, 5.41) is 13.6. The normalized spacial score (nSPS) is 17.2. The monoisotopic (exact) mass is 535 g/mol. The Hall–Kier alpha value is -3.69. The van der Waals surface area contributed by atoms with Crippen LogP contribution < -0.4 is 15.4 Å². The number of rotatable bonds is 7. The fourth-order valence-electron chi connectivity index (χ4n) is 3.99. The van der Waals surface area contributed by atoms with Gasteiger partial charge in [-0.25, -0.2) is 9.97 Å². The molecule has 1 saturated carbocycles. The number of aromatic nitrogens is 4. The number of carbonyl (C=O) groups is 2. The van der Waals surface area contributed by atoms with Crippen LogP contribution in [-0.4, -0.2) is 75.1 Å². The molecule has 2 fully saturated rings. The molecule has 0 spiro atoms. The van der Waals surface area contributed by atoms with Crippen LogP contribution in [0.2, 0.25) is 0 Å². The minimum Gasteiger partial charge on any atom is -0.404 e. The number of amides is 2. The molecule has 1 aliphatic heterocycles. The largest absolute Gasteiger partial charge is 0.573 e. The lowest BCUT2D eigenvalue weighted by atomic mass is 10.1. The molecule has 5 rings (SSSR count). The number of morpholine rings is 1. The van der Waals surface area contributed by atoms with Crippen molar-refractivity contribution in [1.29, 1.82) is 0 Å². The van der Waals surface area contributed by atoms with Gasteiger partial charge >= 0.3 is 6.36 Å². The van der Waals surface area contributed by atoms with E-state index in [-0.39, 0.29) is 16.4 Å². The first-order chi connectivity index (χ1) is 17.7. The van der Waals surface area contributed by atoms with Crippen molar-refractivity contribution in [3.63, 3.8) is 0 Å². The van der Waals surface area contributed by atoms with Crippen LogP contribution >= 0.6 is 11.3 Å². The first kappa shape index (κ1) is 25.0. The lowest BCUT2D eigenvalue weighted by Crippen LogP contribution is -2.51. The highest BCUT2D eigenvalue weighted by atomic mass is 32.1. The number of anilines is 2. The highest BCUT2D eigenvalue weighted by Gasteiger charge is 2.54. The number of carbonyl (C=O) groups excluding carboxylic acids is 2. The Balaban J connectivity index is 1.35. The summed E-state index contributed by atoms with van der Waals surface area (Å²) in [5.74, 6) is -1.74. The third kappa shape index (κ3) is 5.68. The summed E-state index contributed by atoms with van der Waals surface area (Å²) in [5.41, 5.74) is -0.495. The van der Waals surface area contributed by atoms with Crippen LogP contribution in [0.1, 0.15) is 23.2 Å². The molecule has 11 nitrogen and oxygen atoms in total. The maximum Gasteiger partial charge on any atom is 0.573 e. The molecule has 1 saturated heterocycles. The molecule has 15 heteroatoms. The van der Waals surface area contributed by atoms with E-state index in [9.17, 15) is 22.8 Å². The second kappa shape index (κ2) is 9.99. The molecular formula is C22H20F3N7O4S. The van der Waals surface area contributed by atoms with Gasteiger partial charge in [0.05, 0.1) is 18.9 Å². The van der Waals surface area contributed by atoms with Crippen molar-refractivity contribution in [2.24, 2.45) is 0 Å². The predicted molar refractivity (Wildman–Crippen MR) is 125 cm³/mol. The third-order valence-corrected chi connectivity index (χ3v) is 6.82. The quantitative estimate of drug-likeness (QED) is 0.469. The molecule has 0 bridgehead atoms. The van der Waals surface area contributed by atoms with Crippen molar-refractivity contribution in [1.82, 2.24) is 25.1 Å². The van der Waals surface area contributed by atoms with E-state index >= 15 is 0 Å². The van der Waals surface area contributed by atoms with E-state index in [1.54, 1.807) is 0 Å². The Kier molecular flexibility index (Phi) is 6.74. The summed E-state index contributed by atoms with van der Waals surface area (Å²) in [6, 6.07) is 3.28. The number of ether oxygens (including phenoxy) is 2. The fraction of sp³-hybridized carbons (Fsp3) is 0.364. The molecular weight excluding hydrogens is 515 g/mol. The number of halogens is 3. The van der Waals surface area contributed by atoms with Gasteiger partial charge < -0.3 is 14.8 Å². The van der Waals surface area contributed by atoms with Gasteiger partial charge in [0, 0.05) is 36.6 Å². The minimum atomic E-state index is -4.99. The van der Waals surface area contributed by atoms with Crippen LogP contribution in [0.4, 0.5) is 24.0 Å². The summed E-state index contributed by atoms with van der Waals surface area (Å²) >= 11 is 1.07. The number of hydrogen-bond donors (Lipinski definition) is 2. The SMILES string of the molecule is O=C(Nc1nnc(-c2cncnc2)s1)c1ccc(OC(F)(F)F)c(NC(=O)C2(N3CCOCC3)CC2)c1. The Morgan fingerprint density at radius 2 is 1.81 bits per heavy atom. The smallest absolute Gasteiger partial charge is 0.404 e. The zero-order chi connectivity index (χ0) is 26.0. The summed E-state index contributed by atoms with van der Waals surface area (Å²) in [4.78, 5) is 35.8. The van der Waals surface area contributed by atoms with E-state index in [4.69, 9.17) is 4.74 Å². The molecule has 1 aromatic carbocycles. The molecule has 3 heterocycles. The van der Waals surface area contributed by atoms with E-state index in [2.05, 4.69) is 35.5 Å². The summed E-state index contributed by atoms with van der Waals surface area (Å²) < 4.78 is 48.5. The molecule has 37 heavy (non-hydrogen) atoms. The molecule has 2 aromatic heterocycles. The van der Waals surface area contributed by atoms with Gasteiger partial charge in [-0.3, -0.25) is 19.8 Å². The number of nitrogens with zero attached hydrogens (tertiary/aromatic N) is 5. The maximum absolute atomic E-state index is 13.2. The van der Waals surface area contributed by atoms with Gasteiger partial charge in [-0.2, -0.15) is 0 Å². The van der Waals surface area contributed by atoms with E-state index < -0.39 is 29.5 Å². The van der Waals surface area contributed by atoms with Crippen molar-refractivity contribution in [3.05, 3.63) is 42.5 Å². The lowest BCUT2D eigenvalue weighted by Gasteiger charge is -2.34. The molecule has 2 N–H and O–H groups in total. The molecule has 194 valence electrons. The maximum atomic E-state index is 13.2. The predicted octanol–water partition coefficient (Wildman–Crippen LogP) is 2.95. The highest BCUT2D eigenvalue weighted by Crippen LogP contribution is 2.44. The Morgan fingerprint density at radius 3 is 2.49 bits per heavy atom. The second-order valence-corrected chi connectivity index (χ2v) is 9.32. The summed E-state index contributed by atoms with van der Waals surface area (Å²) in [7, 11) is 0. The molecule has 0 atom stereocenters. The lowest BCUT2D eigenvalue weighted by molar-refractivity contribution is -0.274. The average molecular weight is 536 g/mol. The van der Waals surface area contributed by atoms with Gasteiger partial charge in [-0.15, -0.1) is 23.4 Å². The Labute approximate surface area is 212 Å². The molecule has 0 radical (unpaired) electrons. The van der Waals surface area contributed by atoms with Gasteiger partial charge in [-0.05, 0) is 31.0 Å². The van der Waals surface area contributed by atoms with Crippen molar-refractivity contribution in [2.75, 3.05) is 36.9 Å². The van der Waals surface area contributed by atoms with Crippen molar-refractivity contribution < 1.29 is 32.2 Å². The van der Waals surface area contributed by atoms with Gasteiger partial charge in [0.2, 0.25) is 11.0 Å². The van der Waals surface area contributed by atoms with E-state index in [1.807, 2.05) is 4.90 Å². The minimum absolute atomic E-state index is 0.0131. The number of nitrogens with one attached hydrogen (secondary N) is 2. The van der Waals surface area contributed by atoms with Crippen LogP contribution in [0.25, 0.3) is 10.6 Å². The average Bonchev–Trinajstić information content (AvgIpc) is 3.58. The van der Waals surface area contributed by atoms with Crippen LogP contribution in [0.3, 0.4) is 0 Å². The Bertz CT molecular complexity index is 1290. The zero-order valence-electron chi connectivity index (χ0n) is 19.1. The van der Waals surface area contributed by atoms with Gasteiger partial charge in [0.15, 0.2) is 10.8 Å². The highest BCUT2D eigenvalue weighted by molar-refractivity contribution is 7.18. The summed E-state index contributed by atoms with van der Waals surface area (Å²) in [6.45, 7) is 2.02. The van der Waals surface area contributed by atoms with Gasteiger partial charge in [0.1, 0.15) is 11.9 Å². The molecule has 0 unspecified atom stereocenters. The number of hydrogen-bond acceptors (Lipinski definition) is 10. The third-order valence-electron chi connectivity index (χ3n) is 5.93. The summed E-state index contributed by atoms with van der Waals surface area (Å²) in [6.07, 6.45) is 0.588. The van der Waals surface area contributed by atoms with Crippen LogP contribution in [0, 0.1) is 0 Å². The van der Waals surface area contributed by atoms with E-state index in [0.717, 1.165) is 29.5 Å². The first-order valence-electron chi connectivity index (χ1n) is 11.2. The van der Waals surface area contributed by atoms with E-state index in [1.165, 1.54) is 18.7 Å². The Morgan fingerprint density at radius 1 is 1.08 bits per heavy atom. The van der Waals surface area contributed by atoms with Crippen LogP contribution in [0.5, 0.6) is 5.75 Å². The van der Waals surface area contributed by atoms with Crippen molar-refractivity contribution in [3.8, 4) is 16.3 Å². The van der Waals surface area contributed by atoms with Crippen LogP contribution in [-0.2, 0) is 9.53 Å². The van der Waals surface area contributed by atoms with Crippen molar-refractivity contribution in [2.45, 2.75) is 24.7 Å². The molecule has 2 amide bonds. The number of alkyl halides is 3. The fourth-order valence-corrected chi connectivity index (χ4v) is 4.70. The number of benzene rings is 1. The van der Waals surface area contributed by atoms with Crippen LogP contribution in [0.15, 0.2) is 36.9 Å². The second-order valence-electron chi connectivity index (χ2n) is 8.34. The van der Waals surface area contributed by atoms with E-state index in [0.29, 0.717) is 49.7 Å². The molecule has 3 aromatic rings.